The number of ether oxygens (including phenoxy) is 2. The maximum Gasteiger partial charge on any atom is 1.00 e. The molecule has 1 aromatic rings. The van der Waals surface area contributed by atoms with Gasteiger partial charge >= 0.3 is 57.4 Å². The smallest absolute Gasteiger partial charge is 0.796 e. The summed E-state index contributed by atoms with van der Waals surface area (Å²) < 4.78 is 10.2. The first-order valence-electron chi connectivity index (χ1n) is 7.34. The molecule has 8 heteroatoms. The van der Waals surface area contributed by atoms with E-state index in [2.05, 4.69) is 17.4 Å². The van der Waals surface area contributed by atoms with E-state index >= 15 is 0 Å². The Morgan fingerprint density at radius 3 is 2.71 bits per heavy atom. The average Bonchev–Trinajstić information content (AvgIpc) is 2.82. The van der Waals surface area contributed by atoms with E-state index in [0.29, 0.717) is 19.7 Å². The van der Waals surface area contributed by atoms with Gasteiger partial charge in [-0.2, -0.15) is 6.26 Å². The zero-order valence-corrected chi connectivity index (χ0v) is 18.4. The summed E-state index contributed by atoms with van der Waals surface area (Å²) in [7, 11) is 1.28. The molecular formula is C16H23KN2O4S. The van der Waals surface area contributed by atoms with Gasteiger partial charge in [0, 0.05) is 18.5 Å². The number of nitrogens with two attached hydrogens (primary N) is 1. The zero-order chi connectivity index (χ0) is 17.2. The van der Waals surface area contributed by atoms with Crippen LogP contribution in [0.3, 0.4) is 0 Å². The summed E-state index contributed by atoms with van der Waals surface area (Å²) in [5.74, 6) is 0.293. The molecule has 0 radical (unpaired) electrons. The number of amides is 1. The van der Waals surface area contributed by atoms with Crippen LogP contribution < -0.4 is 61.9 Å². The van der Waals surface area contributed by atoms with E-state index in [1.54, 1.807) is 11.2 Å². The van der Waals surface area contributed by atoms with Crippen LogP contribution in [0.5, 0.6) is 5.75 Å². The zero-order valence-electron chi connectivity index (χ0n) is 14.5. The van der Waals surface area contributed by atoms with Gasteiger partial charge in [0.2, 0.25) is 5.91 Å². The third-order valence-corrected chi connectivity index (χ3v) is 3.48. The molecule has 1 aliphatic rings. The molecule has 0 unspecified atom stereocenters. The molecule has 24 heavy (non-hydrogen) atoms. The first-order valence-corrected chi connectivity index (χ1v) is 8.16. The predicted molar refractivity (Wildman–Crippen MR) is 89.9 cm³/mol. The number of methoxy groups -OCH3 is 1. The molecule has 0 fully saturated rings. The number of nitrogens with zero attached hydrogens (tertiary/aromatic N) is 1. The summed E-state index contributed by atoms with van der Waals surface area (Å²) >= 11 is 4.08. The third kappa shape index (κ3) is 7.43. The van der Waals surface area contributed by atoms with Crippen molar-refractivity contribution in [3.63, 3.8) is 0 Å². The maximum atomic E-state index is 12.2. The van der Waals surface area contributed by atoms with Gasteiger partial charge in [-0.3, -0.25) is 9.59 Å². The minimum atomic E-state index is -0.755. The standard InChI is InChI=1S/C15H20N2O4.CH4S.K/c1-20-15(19)12(16)6-7-14(18)17-8-9-21-13-5-3-2-4-11(13)10-17;1-2;/h2-5,12H,6-10,16H2,1H3;2H,1H3;/q;;+1/p-1/t12-;;/m0../s1. The van der Waals surface area contributed by atoms with Gasteiger partial charge in [0.25, 0.3) is 0 Å². The number of rotatable bonds is 4. The van der Waals surface area contributed by atoms with Crippen LogP contribution in [0.4, 0.5) is 0 Å². The molecule has 6 nitrogen and oxygen atoms in total. The van der Waals surface area contributed by atoms with Crippen LogP contribution in [0.15, 0.2) is 24.3 Å². The Kier molecular flexibility index (Phi) is 13.1. The molecule has 0 aliphatic carbocycles. The van der Waals surface area contributed by atoms with Crippen LogP contribution in [0.1, 0.15) is 18.4 Å². The molecule has 2 N–H and O–H groups in total. The van der Waals surface area contributed by atoms with Crippen molar-refractivity contribution in [1.29, 1.82) is 0 Å². The summed E-state index contributed by atoms with van der Waals surface area (Å²) in [6, 6.07) is 6.92. The maximum absolute atomic E-state index is 12.2. The van der Waals surface area contributed by atoms with E-state index in [9.17, 15) is 9.59 Å². The first kappa shape index (κ1) is 23.9. The van der Waals surface area contributed by atoms with Crippen molar-refractivity contribution in [2.75, 3.05) is 26.5 Å². The van der Waals surface area contributed by atoms with Crippen molar-refractivity contribution >= 4 is 24.5 Å². The molecule has 1 aromatic carbocycles. The number of esters is 1. The van der Waals surface area contributed by atoms with Gasteiger partial charge in [0.05, 0.1) is 13.7 Å². The van der Waals surface area contributed by atoms with Gasteiger partial charge in [-0.25, -0.2) is 0 Å². The second-order valence-corrected chi connectivity index (χ2v) is 4.94. The molecule has 0 spiro atoms. The minimum Gasteiger partial charge on any atom is -0.796 e. The number of carbonyl (C=O) groups excluding carboxylic acids is 2. The Bertz CT molecular complexity index is 531. The summed E-state index contributed by atoms with van der Waals surface area (Å²) in [6.07, 6.45) is 2.09. The number of benzene rings is 1. The van der Waals surface area contributed by atoms with E-state index in [1.807, 2.05) is 24.3 Å². The predicted octanol–water partition coefficient (Wildman–Crippen LogP) is -2.14. The van der Waals surface area contributed by atoms with Crippen molar-refractivity contribution in [3.05, 3.63) is 29.8 Å². The van der Waals surface area contributed by atoms with Gasteiger partial charge < -0.3 is 32.7 Å². The van der Waals surface area contributed by atoms with Crippen LogP contribution in [-0.4, -0.2) is 49.3 Å². The van der Waals surface area contributed by atoms with Gasteiger partial charge in [-0.05, 0) is 12.5 Å². The summed E-state index contributed by atoms with van der Waals surface area (Å²) in [5, 5.41) is 0. The molecule has 0 bridgehead atoms. The van der Waals surface area contributed by atoms with Crippen molar-refractivity contribution in [3.8, 4) is 5.75 Å². The van der Waals surface area contributed by atoms with Gasteiger partial charge in [-0.1, -0.05) is 18.2 Å². The minimum absolute atomic E-state index is 0. The molecule has 0 aromatic heterocycles. The van der Waals surface area contributed by atoms with E-state index < -0.39 is 12.0 Å². The van der Waals surface area contributed by atoms with E-state index in [4.69, 9.17) is 10.5 Å². The fourth-order valence-electron chi connectivity index (χ4n) is 2.24. The van der Waals surface area contributed by atoms with Crippen molar-refractivity contribution < 1.29 is 70.4 Å². The van der Waals surface area contributed by atoms with E-state index in [0.717, 1.165) is 11.3 Å². The number of fused-ring (bicyclic) bond motifs is 1. The fourth-order valence-corrected chi connectivity index (χ4v) is 2.24. The molecule has 2 rings (SSSR count). The second kappa shape index (κ2) is 13.2. The number of hydrogen-bond donors (Lipinski definition) is 1. The van der Waals surface area contributed by atoms with Crippen LogP contribution in [0.25, 0.3) is 0 Å². The van der Waals surface area contributed by atoms with Gasteiger partial charge in [0.15, 0.2) is 0 Å². The molecule has 1 heterocycles. The molecule has 0 saturated heterocycles. The SMILES string of the molecule is COC(=O)[C@@H](N)CCC(=O)N1CCOc2ccccc2C1.C[S-].[K+]. The van der Waals surface area contributed by atoms with Crippen molar-refractivity contribution in [2.24, 2.45) is 5.73 Å². The molecular weight excluding hydrogens is 355 g/mol. The molecule has 1 aliphatic heterocycles. The van der Waals surface area contributed by atoms with Gasteiger partial charge in [0.1, 0.15) is 18.4 Å². The number of hydrogen-bond acceptors (Lipinski definition) is 6. The average molecular weight is 379 g/mol. The Balaban J connectivity index is 0.00000170. The molecule has 128 valence electrons. The van der Waals surface area contributed by atoms with E-state index in [-0.39, 0.29) is 70.1 Å². The quantitative estimate of drug-likeness (QED) is 0.366. The van der Waals surface area contributed by atoms with Crippen LogP contribution in [0.2, 0.25) is 0 Å². The van der Waals surface area contributed by atoms with Crippen LogP contribution >= 0.6 is 0 Å². The first-order chi connectivity index (χ1) is 11.1. The van der Waals surface area contributed by atoms with Gasteiger partial charge in [-0.15, -0.1) is 0 Å². The second-order valence-electron chi connectivity index (χ2n) is 4.94. The van der Waals surface area contributed by atoms with Crippen LogP contribution in [-0.2, 0) is 33.5 Å². The normalized spacial score (nSPS) is 13.8. The molecule has 1 amide bonds. The third-order valence-electron chi connectivity index (χ3n) is 3.48. The monoisotopic (exact) mass is 378 g/mol. The Morgan fingerprint density at radius 1 is 1.38 bits per heavy atom. The fraction of sp³-hybridized carbons (Fsp3) is 0.500. The summed E-state index contributed by atoms with van der Waals surface area (Å²) in [4.78, 5) is 25.2. The van der Waals surface area contributed by atoms with Crippen molar-refractivity contribution in [2.45, 2.75) is 25.4 Å². The van der Waals surface area contributed by atoms with Crippen molar-refractivity contribution in [1.82, 2.24) is 4.90 Å². The number of para-hydroxylation sites is 1. The Morgan fingerprint density at radius 2 is 2.04 bits per heavy atom. The number of carbonyl (C=O) groups is 2. The topological polar surface area (TPSA) is 81.9 Å². The van der Waals surface area contributed by atoms with Crippen LogP contribution in [0, 0.1) is 0 Å². The largest absolute Gasteiger partial charge is 1.00 e. The van der Waals surface area contributed by atoms with E-state index in [1.165, 1.54) is 7.11 Å². The Hall–Kier alpha value is -0.0936. The Labute approximate surface area is 191 Å². The molecule has 1 atom stereocenters. The molecule has 0 saturated carbocycles. The summed E-state index contributed by atoms with van der Waals surface area (Å²) in [5.41, 5.74) is 6.63. The summed E-state index contributed by atoms with van der Waals surface area (Å²) in [6.45, 7) is 1.51.